The molecule has 0 spiro atoms. The van der Waals surface area contributed by atoms with Gasteiger partial charge in [-0.15, -0.1) is 11.3 Å². The van der Waals surface area contributed by atoms with Gasteiger partial charge in [0.2, 0.25) is 5.91 Å². The molecule has 2 saturated heterocycles. The Bertz CT molecular complexity index is 758. The first-order chi connectivity index (χ1) is 14.3. The second-order valence-corrected chi connectivity index (χ2v) is 8.98. The summed E-state index contributed by atoms with van der Waals surface area (Å²) in [7, 11) is 0. The van der Waals surface area contributed by atoms with Crippen LogP contribution in [0.15, 0.2) is 28.1 Å². The van der Waals surface area contributed by atoms with Crippen LogP contribution < -0.4 is 10.6 Å². The molecule has 2 fully saturated rings. The van der Waals surface area contributed by atoms with Crippen LogP contribution in [-0.4, -0.2) is 55.4 Å². The maximum atomic E-state index is 12.5. The van der Waals surface area contributed by atoms with Crippen molar-refractivity contribution in [3.63, 3.8) is 0 Å². The fourth-order valence-corrected chi connectivity index (χ4v) is 4.81. The number of hydrogen-bond donors (Lipinski definition) is 2. The van der Waals surface area contributed by atoms with Gasteiger partial charge in [-0.1, -0.05) is 11.2 Å². The molecule has 158 valence electrons. The molecule has 0 unspecified atom stereocenters. The number of piperidine rings is 1. The molecule has 2 aliphatic heterocycles. The lowest BCUT2D eigenvalue weighted by molar-refractivity contribution is -0.122. The predicted octanol–water partition coefficient (Wildman–Crippen LogP) is 2.04. The van der Waals surface area contributed by atoms with Crippen molar-refractivity contribution >= 4 is 17.2 Å². The number of rotatable bonds is 8. The molecule has 4 heterocycles. The van der Waals surface area contributed by atoms with Crippen LogP contribution in [0.2, 0.25) is 0 Å². The molecule has 8 heteroatoms. The molecule has 2 N–H and O–H groups in total. The maximum Gasteiger partial charge on any atom is 0.220 e. The van der Waals surface area contributed by atoms with Crippen LogP contribution in [0.5, 0.6) is 0 Å². The smallest absolute Gasteiger partial charge is 0.220 e. The number of carbonyl (C=O) groups excluding carboxylic acids is 1. The van der Waals surface area contributed by atoms with Gasteiger partial charge in [0.25, 0.3) is 0 Å². The topological polar surface area (TPSA) is 79.6 Å². The summed E-state index contributed by atoms with van der Waals surface area (Å²) in [6.45, 7) is 6.75. The Morgan fingerprint density at radius 3 is 3.07 bits per heavy atom. The number of nitrogens with zero attached hydrogens (tertiary/aromatic N) is 2. The zero-order valence-corrected chi connectivity index (χ0v) is 17.6. The van der Waals surface area contributed by atoms with E-state index in [1.807, 2.05) is 11.4 Å². The zero-order chi connectivity index (χ0) is 19.9. The van der Waals surface area contributed by atoms with Crippen LogP contribution in [-0.2, 0) is 29.0 Å². The van der Waals surface area contributed by atoms with Crippen molar-refractivity contribution in [1.29, 1.82) is 0 Å². The highest BCUT2D eigenvalue weighted by Crippen LogP contribution is 2.26. The van der Waals surface area contributed by atoms with Crippen LogP contribution in [0.1, 0.15) is 29.2 Å². The number of ether oxygens (including phenoxy) is 1. The Balaban J connectivity index is 1.27. The van der Waals surface area contributed by atoms with E-state index in [9.17, 15) is 4.79 Å². The standard InChI is InChI=1S/C21H30N4O3S/c26-21(23-14-20-2-1-9-29-20)11-16-3-4-22-13-17(16)10-18-12-19(28-24-18)15-25-5-7-27-8-6-25/h1-2,9,12,16-17,22H,3-8,10-11,13-15H2,(H,23,26)/t16-,17-/m0/s1. The van der Waals surface area contributed by atoms with Crippen LogP contribution in [0.3, 0.4) is 0 Å². The van der Waals surface area contributed by atoms with E-state index >= 15 is 0 Å². The maximum absolute atomic E-state index is 12.5. The third-order valence-corrected chi connectivity index (χ3v) is 6.69. The monoisotopic (exact) mass is 418 g/mol. The number of morpholine rings is 1. The summed E-state index contributed by atoms with van der Waals surface area (Å²) in [5.41, 5.74) is 0.992. The molecule has 0 saturated carbocycles. The Hall–Kier alpha value is -1.74. The summed E-state index contributed by atoms with van der Waals surface area (Å²) in [5.74, 6) is 1.83. The Kier molecular flexibility index (Phi) is 7.32. The summed E-state index contributed by atoms with van der Waals surface area (Å²) in [6.07, 6.45) is 2.45. The van der Waals surface area contributed by atoms with Crippen LogP contribution in [0.4, 0.5) is 0 Å². The lowest BCUT2D eigenvalue weighted by Gasteiger charge is -2.31. The summed E-state index contributed by atoms with van der Waals surface area (Å²) in [6, 6.07) is 6.15. The van der Waals surface area contributed by atoms with Crippen LogP contribution in [0, 0.1) is 11.8 Å². The van der Waals surface area contributed by atoms with Crippen molar-refractivity contribution in [1.82, 2.24) is 20.7 Å². The van der Waals surface area contributed by atoms with Gasteiger partial charge in [-0.05, 0) is 49.2 Å². The van der Waals surface area contributed by atoms with Gasteiger partial charge in [-0.3, -0.25) is 9.69 Å². The van der Waals surface area contributed by atoms with Gasteiger partial charge in [-0.25, -0.2) is 0 Å². The number of carbonyl (C=O) groups is 1. The lowest BCUT2D eigenvalue weighted by atomic mass is 9.81. The highest BCUT2D eigenvalue weighted by Gasteiger charge is 2.28. The number of thiophene rings is 1. The molecule has 4 rings (SSSR count). The van der Waals surface area contributed by atoms with Crippen molar-refractivity contribution in [2.24, 2.45) is 11.8 Å². The number of amides is 1. The predicted molar refractivity (Wildman–Crippen MR) is 112 cm³/mol. The van der Waals surface area contributed by atoms with Gasteiger partial charge in [0, 0.05) is 30.5 Å². The van der Waals surface area contributed by atoms with E-state index in [2.05, 4.69) is 32.8 Å². The molecular formula is C21H30N4O3S. The molecular weight excluding hydrogens is 388 g/mol. The van der Waals surface area contributed by atoms with Crippen molar-refractivity contribution in [3.05, 3.63) is 39.9 Å². The van der Waals surface area contributed by atoms with Crippen LogP contribution in [0.25, 0.3) is 0 Å². The molecule has 1 amide bonds. The largest absolute Gasteiger partial charge is 0.379 e. The number of hydrogen-bond acceptors (Lipinski definition) is 7. The Morgan fingerprint density at radius 2 is 2.24 bits per heavy atom. The fraction of sp³-hybridized carbons (Fsp3) is 0.619. The Morgan fingerprint density at radius 1 is 1.34 bits per heavy atom. The highest BCUT2D eigenvalue weighted by atomic mass is 32.1. The van der Waals surface area contributed by atoms with Crippen molar-refractivity contribution in [2.45, 2.75) is 32.4 Å². The van der Waals surface area contributed by atoms with Gasteiger partial charge in [0.05, 0.1) is 32.0 Å². The average molecular weight is 419 g/mol. The molecule has 0 aromatic carbocycles. The van der Waals surface area contributed by atoms with Crippen molar-refractivity contribution in [3.8, 4) is 0 Å². The molecule has 0 aliphatic carbocycles. The molecule has 0 bridgehead atoms. The summed E-state index contributed by atoms with van der Waals surface area (Å²) in [4.78, 5) is 16.0. The minimum atomic E-state index is 0.142. The summed E-state index contributed by atoms with van der Waals surface area (Å²) < 4.78 is 11.0. The second-order valence-electron chi connectivity index (χ2n) is 7.95. The summed E-state index contributed by atoms with van der Waals surface area (Å²) in [5, 5.41) is 12.9. The fourth-order valence-electron chi connectivity index (χ4n) is 4.17. The van der Waals surface area contributed by atoms with E-state index in [0.29, 0.717) is 24.8 Å². The first-order valence-electron chi connectivity index (χ1n) is 10.5. The number of aromatic nitrogens is 1. The van der Waals surface area contributed by atoms with Crippen molar-refractivity contribution < 1.29 is 14.1 Å². The van der Waals surface area contributed by atoms with Gasteiger partial charge in [0.15, 0.2) is 5.76 Å². The SMILES string of the molecule is O=C(C[C@@H]1CCNC[C@@H]1Cc1cc(CN2CCOCC2)on1)NCc1cccs1. The molecule has 7 nitrogen and oxygen atoms in total. The van der Waals surface area contributed by atoms with Gasteiger partial charge in [-0.2, -0.15) is 0 Å². The van der Waals surface area contributed by atoms with E-state index < -0.39 is 0 Å². The van der Waals surface area contributed by atoms with E-state index in [-0.39, 0.29) is 5.91 Å². The normalized spacial score (nSPS) is 23.2. The van der Waals surface area contributed by atoms with E-state index in [4.69, 9.17) is 9.26 Å². The third kappa shape index (κ3) is 6.12. The lowest BCUT2D eigenvalue weighted by Crippen LogP contribution is -2.40. The number of nitrogens with one attached hydrogen (secondary N) is 2. The van der Waals surface area contributed by atoms with Gasteiger partial charge in [0.1, 0.15) is 0 Å². The molecule has 2 atom stereocenters. The van der Waals surface area contributed by atoms with E-state index in [1.54, 1.807) is 11.3 Å². The van der Waals surface area contributed by atoms with Crippen LogP contribution >= 0.6 is 11.3 Å². The Labute approximate surface area is 175 Å². The second kappa shape index (κ2) is 10.3. The quantitative estimate of drug-likeness (QED) is 0.683. The molecule has 29 heavy (non-hydrogen) atoms. The molecule has 0 radical (unpaired) electrons. The first-order valence-corrected chi connectivity index (χ1v) is 11.4. The highest BCUT2D eigenvalue weighted by molar-refractivity contribution is 7.09. The first kappa shape index (κ1) is 20.5. The summed E-state index contributed by atoms with van der Waals surface area (Å²) >= 11 is 1.67. The van der Waals surface area contributed by atoms with Crippen molar-refractivity contribution in [2.75, 3.05) is 39.4 Å². The van der Waals surface area contributed by atoms with Gasteiger partial charge < -0.3 is 19.9 Å². The van der Waals surface area contributed by atoms with Gasteiger partial charge >= 0.3 is 0 Å². The molecule has 2 aromatic heterocycles. The minimum Gasteiger partial charge on any atom is -0.379 e. The minimum absolute atomic E-state index is 0.142. The van der Waals surface area contributed by atoms with E-state index in [0.717, 1.165) is 70.2 Å². The molecule has 2 aliphatic rings. The average Bonchev–Trinajstić information content (AvgIpc) is 3.41. The zero-order valence-electron chi connectivity index (χ0n) is 16.8. The third-order valence-electron chi connectivity index (χ3n) is 5.81. The van der Waals surface area contributed by atoms with E-state index in [1.165, 1.54) is 4.88 Å². The molecule has 2 aromatic rings.